The van der Waals surface area contributed by atoms with Crippen LogP contribution in [-0.4, -0.2) is 11.6 Å². The molecule has 0 bridgehead atoms. The van der Waals surface area contributed by atoms with Crippen molar-refractivity contribution in [2.24, 2.45) is 5.92 Å². The molecule has 100 valence electrons. The molecule has 0 spiro atoms. The molecule has 0 aliphatic heterocycles. The summed E-state index contributed by atoms with van der Waals surface area (Å²) in [6, 6.07) is 5.46. The summed E-state index contributed by atoms with van der Waals surface area (Å²) in [5.41, 5.74) is 2.01. The molecular weight excluding hydrogens is 260 g/mol. The fourth-order valence-electron chi connectivity index (χ4n) is 2.25. The zero-order chi connectivity index (χ0) is 14.0. The van der Waals surface area contributed by atoms with E-state index in [0.717, 1.165) is 24.8 Å². The van der Waals surface area contributed by atoms with Crippen LogP contribution in [0.1, 0.15) is 53.0 Å². The van der Waals surface area contributed by atoms with Gasteiger partial charge in [0.1, 0.15) is 0 Å². The van der Waals surface area contributed by atoms with Crippen LogP contribution in [0.5, 0.6) is 0 Å². The van der Waals surface area contributed by atoms with Gasteiger partial charge in [0.25, 0.3) is 0 Å². The topological polar surface area (TPSA) is 34.1 Å². The summed E-state index contributed by atoms with van der Waals surface area (Å²) >= 11 is 5.74. The average molecular weight is 277 g/mol. The highest BCUT2D eigenvalue weighted by Gasteiger charge is 2.24. The van der Waals surface area contributed by atoms with E-state index in [9.17, 15) is 9.59 Å². The van der Waals surface area contributed by atoms with Crippen LogP contribution in [0.25, 0.3) is 0 Å². The third-order valence-corrected chi connectivity index (χ3v) is 3.60. The molecule has 0 N–H and O–H groups in total. The van der Waals surface area contributed by atoms with Gasteiger partial charge in [-0.05, 0) is 36.5 Å². The lowest BCUT2D eigenvalue weighted by molar-refractivity contribution is 0.0990. The van der Waals surface area contributed by atoms with Gasteiger partial charge in [-0.1, -0.05) is 37.9 Å². The molecule has 1 aromatic carbocycles. The lowest BCUT2D eigenvalue weighted by Crippen LogP contribution is -2.14. The maximum absolute atomic E-state index is 11.9. The fraction of sp³-hybridized carbons (Fsp3) is 0.375. The Balaban J connectivity index is 2.19. The zero-order valence-electron chi connectivity index (χ0n) is 11.2. The van der Waals surface area contributed by atoms with Gasteiger partial charge in [0.05, 0.1) is 5.03 Å². The van der Waals surface area contributed by atoms with Gasteiger partial charge in [0, 0.05) is 17.2 Å². The normalized spacial score (nSPS) is 14.6. The molecule has 0 atom stereocenters. The number of carbonyl (C=O) groups is 2. The Hall–Kier alpha value is -1.41. The van der Waals surface area contributed by atoms with Crippen LogP contribution in [0.2, 0.25) is 0 Å². The largest absolute Gasteiger partial charge is 0.289 e. The number of rotatable bonds is 4. The minimum Gasteiger partial charge on any atom is -0.289 e. The van der Waals surface area contributed by atoms with Gasteiger partial charge in [-0.3, -0.25) is 9.59 Å². The van der Waals surface area contributed by atoms with Gasteiger partial charge in [-0.15, -0.1) is 0 Å². The van der Waals surface area contributed by atoms with Crippen LogP contribution < -0.4 is 0 Å². The van der Waals surface area contributed by atoms with Crippen LogP contribution in [0.15, 0.2) is 29.3 Å². The average Bonchev–Trinajstić information content (AvgIpc) is 2.36. The van der Waals surface area contributed by atoms with Crippen molar-refractivity contribution >= 4 is 23.2 Å². The summed E-state index contributed by atoms with van der Waals surface area (Å²) in [6.07, 6.45) is 4.40. The summed E-state index contributed by atoms with van der Waals surface area (Å²) in [5, 5.41) is 0.00468. The van der Waals surface area contributed by atoms with Crippen LogP contribution >= 0.6 is 11.6 Å². The van der Waals surface area contributed by atoms with Gasteiger partial charge in [-0.25, -0.2) is 0 Å². The highest BCUT2D eigenvalue weighted by Crippen LogP contribution is 2.25. The maximum Gasteiger partial charge on any atom is 0.205 e. The summed E-state index contributed by atoms with van der Waals surface area (Å²) in [5.74, 6) is 0.248. The van der Waals surface area contributed by atoms with E-state index < -0.39 is 0 Å². The first kappa shape index (κ1) is 14.0. The first-order valence-electron chi connectivity index (χ1n) is 6.58. The Morgan fingerprint density at radius 1 is 1.16 bits per heavy atom. The molecular formula is C16H17ClO2. The molecule has 2 nitrogen and oxygen atoms in total. The van der Waals surface area contributed by atoms with Gasteiger partial charge < -0.3 is 0 Å². The van der Waals surface area contributed by atoms with E-state index in [4.69, 9.17) is 11.6 Å². The second kappa shape index (κ2) is 5.70. The maximum atomic E-state index is 11.9. The predicted octanol–water partition coefficient (Wildman–Crippen LogP) is 4.17. The van der Waals surface area contributed by atoms with Gasteiger partial charge >= 0.3 is 0 Å². The lowest BCUT2D eigenvalue weighted by Gasteiger charge is -2.13. The molecule has 0 heterocycles. The van der Waals surface area contributed by atoms with E-state index in [0.29, 0.717) is 17.0 Å². The molecule has 1 aromatic rings. The highest BCUT2D eigenvalue weighted by molar-refractivity contribution is 6.49. The van der Waals surface area contributed by atoms with E-state index in [1.807, 2.05) is 12.1 Å². The standard InChI is InChI=1S/C16H17ClO2/c1-10(2)4-3-5-11-6-7-12-13(8-11)15(18)9-14(17)16(12)19/h6-10H,3-5H2,1-2H3. The van der Waals surface area contributed by atoms with Crippen molar-refractivity contribution in [1.29, 1.82) is 0 Å². The molecule has 0 fully saturated rings. The summed E-state index contributed by atoms with van der Waals surface area (Å²) in [6.45, 7) is 4.39. The summed E-state index contributed by atoms with van der Waals surface area (Å²) in [7, 11) is 0. The summed E-state index contributed by atoms with van der Waals surface area (Å²) < 4.78 is 0. The fourth-order valence-corrected chi connectivity index (χ4v) is 2.45. The first-order valence-corrected chi connectivity index (χ1v) is 6.96. The molecule has 2 rings (SSSR count). The molecule has 1 aliphatic carbocycles. The molecule has 0 saturated carbocycles. The van der Waals surface area contributed by atoms with Gasteiger partial charge in [0.15, 0.2) is 5.78 Å². The number of hydrogen-bond donors (Lipinski definition) is 0. The van der Waals surface area contributed by atoms with Gasteiger partial charge in [-0.2, -0.15) is 0 Å². The molecule has 0 amide bonds. The smallest absolute Gasteiger partial charge is 0.205 e. The second-order valence-corrected chi connectivity index (χ2v) is 5.76. The van der Waals surface area contributed by atoms with Gasteiger partial charge in [0.2, 0.25) is 5.78 Å². The number of hydrogen-bond acceptors (Lipinski definition) is 2. The van der Waals surface area contributed by atoms with Crippen molar-refractivity contribution in [3.05, 3.63) is 46.0 Å². The number of Topliss-reactive ketones (excluding diaryl/α,β-unsaturated/α-hetero) is 1. The van der Waals surface area contributed by atoms with E-state index >= 15 is 0 Å². The molecule has 0 unspecified atom stereocenters. The number of carbonyl (C=O) groups excluding carboxylic acids is 2. The molecule has 3 heteroatoms. The van der Waals surface area contributed by atoms with E-state index in [1.54, 1.807) is 6.07 Å². The predicted molar refractivity (Wildman–Crippen MR) is 76.8 cm³/mol. The van der Waals surface area contributed by atoms with Crippen LogP contribution in [0.3, 0.4) is 0 Å². The third kappa shape index (κ3) is 3.13. The SMILES string of the molecule is CC(C)CCCc1ccc2c(c1)C(=O)C=C(Cl)C2=O. The third-order valence-electron chi connectivity index (χ3n) is 3.32. The number of allylic oxidation sites excluding steroid dienone is 2. The number of benzene rings is 1. The molecule has 19 heavy (non-hydrogen) atoms. The Labute approximate surface area is 118 Å². The monoisotopic (exact) mass is 276 g/mol. The molecule has 0 saturated heterocycles. The van der Waals surface area contributed by atoms with E-state index in [-0.39, 0.29) is 16.6 Å². The Bertz CT molecular complexity index is 556. The Morgan fingerprint density at radius 3 is 2.58 bits per heavy atom. The molecule has 1 aliphatic rings. The van der Waals surface area contributed by atoms with Crippen molar-refractivity contribution < 1.29 is 9.59 Å². The quantitative estimate of drug-likeness (QED) is 0.827. The van der Waals surface area contributed by atoms with Crippen molar-refractivity contribution in [3.63, 3.8) is 0 Å². The number of halogens is 1. The molecule has 0 radical (unpaired) electrons. The van der Waals surface area contributed by atoms with Crippen molar-refractivity contribution in [3.8, 4) is 0 Å². The number of ketones is 2. The minimum absolute atomic E-state index is 0.00468. The zero-order valence-corrected chi connectivity index (χ0v) is 12.0. The van der Waals surface area contributed by atoms with Crippen LogP contribution in [0, 0.1) is 5.92 Å². The Kier molecular flexibility index (Phi) is 4.20. The van der Waals surface area contributed by atoms with Crippen molar-refractivity contribution in [2.75, 3.05) is 0 Å². The molecule has 0 aromatic heterocycles. The van der Waals surface area contributed by atoms with E-state index in [1.165, 1.54) is 6.08 Å². The minimum atomic E-state index is -0.259. The highest BCUT2D eigenvalue weighted by atomic mass is 35.5. The second-order valence-electron chi connectivity index (χ2n) is 5.35. The van der Waals surface area contributed by atoms with Crippen LogP contribution in [-0.2, 0) is 6.42 Å². The van der Waals surface area contributed by atoms with Crippen molar-refractivity contribution in [2.45, 2.75) is 33.1 Å². The van der Waals surface area contributed by atoms with E-state index in [2.05, 4.69) is 13.8 Å². The Morgan fingerprint density at radius 2 is 1.89 bits per heavy atom. The lowest BCUT2D eigenvalue weighted by atomic mass is 9.91. The number of fused-ring (bicyclic) bond motifs is 1. The summed E-state index contributed by atoms with van der Waals surface area (Å²) in [4.78, 5) is 23.7. The van der Waals surface area contributed by atoms with Crippen molar-refractivity contribution in [1.82, 2.24) is 0 Å². The first-order chi connectivity index (χ1) is 8.99. The van der Waals surface area contributed by atoms with Crippen LogP contribution in [0.4, 0.5) is 0 Å². The number of aryl methyl sites for hydroxylation is 1.